The van der Waals surface area contributed by atoms with Crippen molar-refractivity contribution < 1.29 is 33.7 Å². The van der Waals surface area contributed by atoms with Gasteiger partial charge in [-0.2, -0.15) is 0 Å². The second-order valence-corrected chi connectivity index (χ2v) is 14.7. The number of hydrogen-bond donors (Lipinski definition) is 4. The van der Waals surface area contributed by atoms with E-state index in [2.05, 4.69) is 19.2 Å². The number of likely N-dealkylation sites (N-methyl/N-ethyl adjacent to an activating group) is 1. The second-order valence-electron chi connectivity index (χ2n) is 13.2. The molecule has 46 heavy (non-hydrogen) atoms. The van der Waals surface area contributed by atoms with Crippen LogP contribution in [0.3, 0.4) is 0 Å². The first-order chi connectivity index (χ1) is 22.4. The third-order valence-electron chi connectivity index (χ3n) is 8.65. The lowest BCUT2D eigenvalue weighted by Crippen LogP contribution is -2.80. The summed E-state index contributed by atoms with van der Waals surface area (Å²) >= 11 is 0. The Morgan fingerprint density at radius 1 is 0.717 bits per heavy atom. The van der Waals surface area contributed by atoms with Crippen molar-refractivity contribution in [3.63, 3.8) is 0 Å². The molecule has 9 heteroatoms. The van der Waals surface area contributed by atoms with Gasteiger partial charge in [-0.15, -0.1) is 0 Å². The van der Waals surface area contributed by atoms with Gasteiger partial charge in [0.15, 0.2) is 0 Å². The van der Waals surface area contributed by atoms with E-state index in [9.17, 15) is 19.4 Å². The first-order valence-electron chi connectivity index (χ1n) is 19.4. The Morgan fingerprint density at radius 3 is 1.61 bits per heavy atom. The molecule has 0 aliphatic carbocycles. The van der Waals surface area contributed by atoms with Gasteiger partial charge in [-0.1, -0.05) is 167 Å². The average Bonchev–Trinajstić information content (AvgIpc) is 3.03. The van der Waals surface area contributed by atoms with Crippen molar-refractivity contribution in [2.45, 2.75) is 193 Å². The van der Waals surface area contributed by atoms with Gasteiger partial charge in [0.25, 0.3) is 0 Å². The highest BCUT2D eigenvalue weighted by atomic mass is 31.2. The van der Waals surface area contributed by atoms with E-state index in [1.165, 1.54) is 128 Å². The zero-order valence-corrected chi connectivity index (χ0v) is 31.3. The van der Waals surface area contributed by atoms with Gasteiger partial charge < -0.3 is 20.6 Å². The van der Waals surface area contributed by atoms with Gasteiger partial charge in [0.05, 0.1) is 32.3 Å². The van der Waals surface area contributed by atoms with Crippen molar-refractivity contribution in [3.8, 4) is 0 Å². The molecule has 0 fully saturated rings. The molecule has 0 aliphatic heterocycles. The maximum Gasteiger partial charge on any atom is 0.472 e. The minimum atomic E-state index is -4.28. The number of nitrogens with two attached hydrogens (primary N) is 1. The van der Waals surface area contributed by atoms with Crippen LogP contribution >= 0.6 is 7.82 Å². The lowest BCUT2D eigenvalue weighted by Gasteiger charge is -2.23. The quantitative estimate of drug-likeness (QED) is 0.0299. The standard InChI is InChI=1S/C37H75N2O6P/c1-4-6-8-10-12-14-16-18-20-22-24-26-28-30-36(40)35(34-45-46(42,43)44-33-32-38-3)39-37(41)31-29-27-25-23-21-19-17-15-13-11-9-7-5-2/h28,30,35-36,38,40H,4-27,29,31-34H2,1-3H3,(H,39,41)(H,42,43)/p+1/b30-28+/t35-,36+/m1/s1. The molecule has 8 nitrogen and oxygen atoms in total. The molecule has 0 heterocycles. The summed E-state index contributed by atoms with van der Waals surface area (Å²) in [5.41, 5.74) is 0. The zero-order chi connectivity index (χ0) is 34.0. The second kappa shape index (κ2) is 34.1. The lowest BCUT2D eigenvalue weighted by molar-refractivity contribution is -0.627. The van der Waals surface area contributed by atoms with Crippen LogP contribution in [0, 0.1) is 0 Å². The summed E-state index contributed by atoms with van der Waals surface area (Å²) in [4.78, 5) is 22.7. The molecule has 1 amide bonds. The van der Waals surface area contributed by atoms with Crippen molar-refractivity contribution >= 4 is 13.7 Å². The average molecular weight is 676 g/mol. The molecule has 0 aromatic carbocycles. The molecule has 0 aromatic rings. The molecular weight excluding hydrogens is 599 g/mol. The number of hydrogen-bond acceptors (Lipinski definition) is 5. The number of carbonyl (C=O) groups is 1. The number of allylic oxidation sites excluding steroid dienone is 1. The van der Waals surface area contributed by atoms with Crippen LogP contribution in [0.2, 0.25) is 0 Å². The Kier molecular flexibility index (Phi) is 33.6. The maximum absolute atomic E-state index is 12.7. The monoisotopic (exact) mass is 676 g/mol. The fourth-order valence-corrected chi connectivity index (χ4v) is 6.36. The Hall–Kier alpha value is -0.760. The minimum absolute atomic E-state index is 0.0712. The largest absolute Gasteiger partial charge is 0.472 e. The van der Waals surface area contributed by atoms with Gasteiger partial charge in [0, 0.05) is 6.42 Å². The SMILES string of the molecule is CCCCCCCCCCCCC/C=C/[C@H](O)[C@@H](COP(=O)(O)OCC[NH2+]C)NC(=O)CCCCCCCCCCCCCCC. The molecule has 0 aromatic heterocycles. The summed E-state index contributed by atoms with van der Waals surface area (Å²) < 4.78 is 22.4. The number of unbranched alkanes of at least 4 members (excludes halogenated alkanes) is 23. The molecular formula is C37H76N2O6P+. The molecule has 3 atom stereocenters. The van der Waals surface area contributed by atoms with Crippen LogP contribution < -0.4 is 10.6 Å². The van der Waals surface area contributed by atoms with Crippen LogP contribution in [0.1, 0.15) is 181 Å². The number of aliphatic hydroxyl groups is 1. The lowest BCUT2D eigenvalue weighted by atomic mass is 10.0. The zero-order valence-electron chi connectivity index (χ0n) is 30.4. The summed E-state index contributed by atoms with van der Waals surface area (Å²) in [7, 11) is -2.44. The predicted molar refractivity (Wildman–Crippen MR) is 193 cm³/mol. The molecule has 0 aliphatic rings. The Balaban J connectivity index is 4.37. The van der Waals surface area contributed by atoms with Crippen LogP contribution in [0.4, 0.5) is 0 Å². The third-order valence-corrected chi connectivity index (χ3v) is 9.64. The number of quaternary nitrogens is 1. The minimum Gasteiger partial charge on any atom is -0.387 e. The molecule has 0 saturated heterocycles. The maximum atomic E-state index is 12.7. The van der Waals surface area contributed by atoms with Crippen molar-refractivity contribution in [1.29, 1.82) is 0 Å². The van der Waals surface area contributed by atoms with Gasteiger partial charge in [-0.05, 0) is 19.3 Å². The Bertz CT molecular complexity index is 739. The number of phosphoric acid groups is 1. The van der Waals surface area contributed by atoms with E-state index >= 15 is 0 Å². The topological polar surface area (TPSA) is 122 Å². The fraction of sp³-hybridized carbons (Fsp3) is 0.919. The molecule has 0 radical (unpaired) electrons. The van der Waals surface area contributed by atoms with Crippen molar-refractivity contribution in [2.75, 3.05) is 26.8 Å². The van der Waals surface area contributed by atoms with Crippen LogP contribution in [0.15, 0.2) is 12.2 Å². The Labute approximate surface area is 284 Å². The van der Waals surface area contributed by atoms with Crippen LogP contribution in [0.5, 0.6) is 0 Å². The molecule has 0 saturated carbocycles. The highest BCUT2D eigenvalue weighted by Crippen LogP contribution is 2.43. The highest BCUT2D eigenvalue weighted by Gasteiger charge is 2.27. The van der Waals surface area contributed by atoms with Crippen LogP contribution in [-0.4, -0.2) is 54.9 Å². The first kappa shape index (κ1) is 45.2. The summed E-state index contributed by atoms with van der Waals surface area (Å²) in [6.45, 7) is 4.80. The number of carbonyl (C=O) groups excluding carboxylic acids is 1. The molecule has 1 unspecified atom stereocenters. The molecule has 274 valence electrons. The number of amides is 1. The summed E-state index contributed by atoms with van der Waals surface area (Å²) in [5.74, 6) is -0.177. The predicted octanol–water partition coefficient (Wildman–Crippen LogP) is 8.90. The van der Waals surface area contributed by atoms with E-state index in [-0.39, 0.29) is 19.1 Å². The van der Waals surface area contributed by atoms with E-state index in [4.69, 9.17) is 9.05 Å². The van der Waals surface area contributed by atoms with Gasteiger partial charge in [-0.25, -0.2) is 4.57 Å². The van der Waals surface area contributed by atoms with Crippen molar-refractivity contribution in [3.05, 3.63) is 12.2 Å². The molecule has 0 rings (SSSR count). The molecule has 0 spiro atoms. The highest BCUT2D eigenvalue weighted by molar-refractivity contribution is 7.47. The first-order valence-corrected chi connectivity index (χ1v) is 20.9. The summed E-state index contributed by atoms with van der Waals surface area (Å²) in [5, 5.41) is 15.5. The van der Waals surface area contributed by atoms with E-state index in [0.29, 0.717) is 13.0 Å². The van der Waals surface area contributed by atoms with E-state index < -0.39 is 20.0 Å². The fourth-order valence-electron chi connectivity index (χ4n) is 5.60. The summed E-state index contributed by atoms with van der Waals surface area (Å²) in [6, 6.07) is -0.829. The van der Waals surface area contributed by atoms with Gasteiger partial charge in [0.1, 0.15) is 6.61 Å². The van der Waals surface area contributed by atoms with E-state index in [1.807, 2.05) is 18.4 Å². The normalized spacial score (nSPS) is 14.5. The third kappa shape index (κ3) is 31.8. The smallest absolute Gasteiger partial charge is 0.387 e. The van der Waals surface area contributed by atoms with Gasteiger partial charge >= 0.3 is 7.82 Å². The van der Waals surface area contributed by atoms with Crippen LogP contribution in [0.25, 0.3) is 0 Å². The Morgan fingerprint density at radius 2 is 1.15 bits per heavy atom. The molecule has 5 N–H and O–H groups in total. The van der Waals surface area contributed by atoms with Crippen LogP contribution in [-0.2, 0) is 18.4 Å². The number of rotatable bonds is 36. The molecule has 0 bridgehead atoms. The number of phosphoric ester groups is 1. The van der Waals surface area contributed by atoms with Crippen molar-refractivity contribution in [1.82, 2.24) is 5.32 Å². The summed E-state index contributed by atoms with van der Waals surface area (Å²) in [6.07, 6.45) is 34.1. The van der Waals surface area contributed by atoms with E-state index in [1.54, 1.807) is 6.08 Å². The van der Waals surface area contributed by atoms with Crippen molar-refractivity contribution in [2.24, 2.45) is 0 Å². The number of aliphatic hydroxyl groups excluding tert-OH is 1. The van der Waals surface area contributed by atoms with Gasteiger partial charge in [0.2, 0.25) is 5.91 Å². The van der Waals surface area contributed by atoms with E-state index in [0.717, 1.165) is 32.1 Å². The number of nitrogens with one attached hydrogen (secondary N) is 1. The van der Waals surface area contributed by atoms with Gasteiger partial charge in [-0.3, -0.25) is 13.8 Å².